The lowest BCUT2D eigenvalue weighted by molar-refractivity contribution is 0.0511. The minimum atomic E-state index is -0.550. The van der Waals surface area contributed by atoms with Crippen molar-refractivity contribution in [1.82, 2.24) is 9.55 Å². The van der Waals surface area contributed by atoms with Crippen LogP contribution in [0.4, 0.5) is 0 Å². The number of hydrogen-bond donors (Lipinski definition) is 0. The Morgan fingerprint density at radius 2 is 2.14 bits per heavy atom. The van der Waals surface area contributed by atoms with Crippen LogP contribution in [-0.4, -0.2) is 28.4 Å². The van der Waals surface area contributed by atoms with E-state index in [9.17, 15) is 9.59 Å². The van der Waals surface area contributed by atoms with Crippen molar-refractivity contribution in [3.8, 4) is 0 Å². The van der Waals surface area contributed by atoms with Gasteiger partial charge in [0.05, 0.1) is 13.2 Å². The number of halogens is 1. The van der Waals surface area contributed by atoms with Crippen molar-refractivity contribution in [2.24, 2.45) is 0 Å². The number of nitrogens with zero attached hydrogens (tertiary/aromatic N) is 2. The van der Waals surface area contributed by atoms with Crippen LogP contribution in [0.5, 0.6) is 0 Å². The zero-order valence-corrected chi connectivity index (χ0v) is 13.4. The average Bonchev–Trinajstić information content (AvgIpc) is 2.78. The number of aldehydes is 1. The summed E-state index contributed by atoms with van der Waals surface area (Å²) >= 11 is 3.30. The highest BCUT2D eigenvalue weighted by Crippen LogP contribution is 2.20. The van der Waals surface area contributed by atoms with Crippen LogP contribution in [0.25, 0.3) is 0 Å². The van der Waals surface area contributed by atoms with Crippen molar-refractivity contribution in [2.45, 2.75) is 20.4 Å². The van der Waals surface area contributed by atoms with E-state index in [2.05, 4.69) is 20.9 Å². The van der Waals surface area contributed by atoms with Gasteiger partial charge in [-0.25, -0.2) is 9.78 Å². The van der Waals surface area contributed by atoms with Gasteiger partial charge in [0.15, 0.2) is 16.7 Å². The van der Waals surface area contributed by atoms with Crippen LogP contribution in [0.3, 0.4) is 0 Å². The Hall–Kier alpha value is -1.95. The van der Waals surface area contributed by atoms with Crippen molar-refractivity contribution in [3.05, 3.63) is 51.5 Å². The van der Waals surface area contributed by atoms with Gasteiger partial charge in [0.2, 0.25) is 0 Å². The van der Waals surface area contributed by atoms with E-state index >= 15 is 0 Å². The molecule has 0 unspecified atom stereocenters. The number of aryl methyl sites for hydroxylation is 1. The quantitative estimate of drug-likeness (QED) is 0.614. The van der Waals surface area contributed by atoms with Gasteiger partial charge >= 0.3 is 5.97 Å². The zero-order chi connectivity index (χ0) is 15.4. The first-order chi connectivity index (χ1) is 10.1. The maximum Gasteiger partial charge on any atom is 0.357 e. The Labute approximate surface area is 131 Å². The molecule has 0 saturated heterocycles. The number of esters is 1. The first-order valence-electron chi connectivity index (χ1n) is 6.51. The van der Waals surface area contributed by atoms with Gasteiger partial charge in [0.25, 0.3) is 0 Å². The molecule has 1 heterocycles. The van der Waals surface area contributed by atoms with Gasteiger partial charge in [0, 0.05) is 0 Å². The number of rotatable bonds is 5. The predicted molar refractivity (Wildman–Crippen MR) is 81.6 cm³/mol. The molecule has 1 aromatic carbocycles. The van der Waals surface area contributed by atoms with Crippen LogP contribution in [0.2, 0.25) is 0 Å². The molecule has 5 nitrogen and oxygen atoms in total. The highest BCUT2D eigenvalue weighted by molar-refractivity contribution is 9.10. The highest BCUT2D eigenvalue weighted by atomic mass is 79.9. The molecule has 0 atom stereocenters. The third-order valence-corrected chi connectivity index (χ3v) is 3.72. The third kappa shape index (κ3) is 3.21. The Morgan fingerprint density at radius 3 is 2.76 bits per heavy atom. The van der Waals surface area contributed by atoms with Crippen LogP contribution in [0.15, 0.2) is 29.0 Å². The largest absolute Gasteiger partial charge is 0.461 e. The summed E-state index contributed by atoms with van der Waals surface area (Å²) in [5.41, 5.74) is 2.38. The molecule has 0 radical (unpaired) electrons. The third-order valence-electron chi connectivity index (χ3n) is 3.12. The molecule has 0 fully saturated rings. The Morgan fingerprint density at radius 1 is 1.43 bits per heavy atom. The molecule has 0 aliphatic rings. The van der Waals surface area contributed by atoms with Gasteiger partial charge < -0.3 is 9.30 Å². The number of benzene rings is 1. The molecule has 0 saturated carbocycles. The van der Waals surface area contributed by atoms with Gasteiger partial charge in [-0.2, -0.15) is 0 Å². The maximum atomic E-state index is 12.1. The second kappa shape index (κ2) is 6.67. The summed E-state index contributed by atoms with van der Waals surface area (Å²) in [5, 5.41) is 0. The average molecular weight is 351 g/mol. The van der Waals surface area contributed by atoms with E-state index in [0.29, 0.717) is 17.6 Å². The summed E-state index contributed by atoms with van der Waals surface area (Å²) in [4.78, 5) is 27.3. The lowest BCUT2D eigenvalue weighted by atomic mass is 10.1. The topological polar surface area (TPSA) is 61.2 Å². The molecule has 2 rings (SSSR count). The number of ether oxygens (including phenoxy) is 1. The van der Waals surface area contributed by atoms with Crippen molar-refractivity contribution in [2.75, 3.05) is 6.61 Å². The lowest BCUT2D eigenvalue weighted by Crippen LogP contribution is -2.15. The highest BCUT2D eigenvalue weighted by Gasteiger charge is 2.23. The summed E-state index contributed by atoms with van der Waals surface area (Å²) in [6.45, 7) is 4.38. The molecule has 0 N–H and O–H groups in total. The fourth-order valence-corrected chi connectivity index (χ4v) is 2.54. The second-order valence-electron chi connectivity index (χ2n) is 4.47. The van der Waals surface area contributed by atoms with Gasteiger partial charge in [-0.05, 0) is 40.9 Å². The minimum absolute atomic E-state index is 0.0777. The smallest absolute Gasteiger partial charge is 0.357 e. The van der Waals surface area contributed by atoms with Crippen LogP contribution >= 0.6 is 15.9 Å². The molecule has 110 valence electrons. The Kier molecular flexibility index (Phi) is 4.90. The number of imidazole rings is 1. The van der Waals surface area contributed by atoms with Gasteiger partial charge in [-0.1, -0.05) is 24.3 Å². The molecule has 0 aliphatic heterocycles. The van der Waals surface area contributed by atoms with E-state index in [1.165, 1.54) is 0 Å². The van der Waals surface area contributed by atoms with Crippen LogP contribution in [0.1, 0.15) is 39.0 Å². The van der Waals surface area contributed by atoms with E-state index in [4.69, 9.17) is 4.74 Å². The molecule has 0 spiro atoms. The molecule has 6 heteroatoms. The number of aromatic nitrogens is 2. The number of hydrogen-bond acceptors (Lipinski definition) is 4. The summed E-state index contributed by atoms with van der Waals surface area (Å²) < 4.78 is 7.08. The van der Waals surface area contributed by atoms with Gasteiger partial charge in [-0.3, -0.25) is 4.79 Å². The molecule has 0 bridgehead atoms. The molecular weight excluding hydrogens is 336 g/mol. The SMILES string of the molecule is CCOC(=O)c1c(C=O)nc(Br)n1Cc1ccccc1C. The summed E-state index contributed by atoms with van der Waals surface area (Å²) in [6, 6.07) is 7.84. The van der Waals surface area contributed by atoms with Crippen LogP contribution in [0, 0.1) is 6.92 Å². The van der Waals surface area contributed by atoms with Crippen LogP contribution < -0.4 is 0 Å². The van der Waals surface area contributed by atoms with Crippen LogP contribution in [-0.2, 0) is 11.3 Å². The van der Waals surface area contributed by atoms with Crippen molar-refractivity contribution in [3.63, 3.8) is 0 Å². The normalized spacial score (nSPS) is 10.4. The lowest BCUT2D eigenvalue weighted by Gasteiger charge is -2.11. The molecule has 21 heavy (non-hydrogen) atoms. The van der Waals surface area contributed by atoms with E-state index in [1.807, 2.05) is 31.2 Å². The van der Waals surface area contributed by atoms with E-state index < -0.39 is 5.97 Å². The minimum Gasteiger partial charge on any atom is -0.461 e. The van der Waals surface area contributed by atoms with Crippen molar-refractivity contribution >= 4 is 28.2 Å². The van der Waals surface area contributed by atoms with E-state index in [0.717, 1.165) is 11.1 Å². The number of carbonyl (C=O) groups excluding carboxylic acids is 2. The first kappa shape index (κ1) is 15.4. The number of carbonyl (C=O) groups is 2. The predicted octanol–water partition coefficient (Wildman–Crippen LogP) is 2.99. The standard InChI is InChI=1S/C15H15BrN2O3/c1-3-21-14(20)13-12(9-19)17-15(16)18(13)8-11-7-5-4-6-10(11)2/h4-7,9H,3,8H2,1-2H3. The van der Waals surface area contributed by atoms with E-state index in [1.54, 1.807) is 11.5 Å². The molecule has 1 aromatic heterocycles. The summed E-state index contributed by atoms with van der Waals surface area (Å²) in [6.07, 6.45) is 0.561. The van der Waals surface area contributed by atoms with E-state index in [-0.39, 0.29) is 18.0 Å². The summed E-state index contributed by atoms with van der Waals surface area (Å²) in [7, 11) is 0. The fourth-order valence-electron chi connectivity index (χ4n) is 2.04. The maximum absolute atomic E-state index is 12.1. The van der Waals surface area contributed by atoms with Crippen molar-refractivity contribution in [1.29, 1.82) is 0 Å². The fraction of sp³-hybridized carbons (Fsp3) is 0.267. The Bertz CT molecular complexity index is 680. The van der Waals surface area contributed by atoms with Crippen molar-refractivity contribution < 1.29 is 14.3 Å². The molecule has 0 aliphatic carbocycles. The van der Waals surface area contributed by atoms with Gasteiger partial charge in [0.1, 0.15) is 5.69 Å². The Balaban J connectivity index is 2.48. The zero-order valence-electron chi connectivity index (χ0n) is 11.8. The monoisotopic (exact) mass is 350 g/mol. The summed E-state index contributed by atoms with van der Waals surface area (Å²) in [5.74, 6) is -0.550. The molecular formula is C15H15BrN2O3. The molecule has 2 aromatic rings. The molecule has 0 amide bonds. The second-order valence-corrected chi connectivity index (χ2v) is 5.17. The van der Waals surface area contributed by atoms with Gasteiger partial charge in [-0.15, -0.1) is 0 Å². The first-order valence-corrected chi connectivity index (χ1v) is 7.30.